The lowest BCUT2D eigenvalue weighted by Crippen LogP contribution is -2.44. The first-order valence-corrected chi connectivity index (χ1v) is 11.7. The summed E-state index contributed by atoms with van der Waals surface area (Å²) < 4.78 is 11.5. The number of hydrogen-bond acceptors (Lipinski definition) is 8. The number of rotatable bonds is 4. The summed E-state index contributed by atoms with van der Waals surface area (Å²) in [5.41, 5.74) is 2.55. The number of ether oxygens (including phenoxy) is 1. The molecule has 3 heterocycles. The number of para-hydroxylation sites is 2. The predicted molar refractivity (Wildman–Crippen MR) is 134 cm³/mol. The second-order valence-electron chi connectivity index (χ2n) is 8.79. The maximum Gasteiger partial charge on any atom is 0.291 e. The van der Waals surface area contributed by atoms with Gasteiger partial charge in [-0.3, -0.25) is 9.59 Å². The molecule has 1 N–H and O–H groups in total. The first-order valence-electron chi connectivity index (χ1n) is 11.7. The summed E-state index contributed by atoms with van der Waals surface area (Å²) in [6.07, 6.45) is 0. The fourth-order valence-corrected chi connectivity index (χ4v) is 4.62. The van der Waals surface area contributed by atoms with E-state index < -0.39 is 5.91 Å². The second-order valence-corrected chi connectivity index (χ2v) is 8.79. The third kappa shape index (κ3) is 4.58. The highest BCUT2D eigenvalue weighted by Gasteiger charge is 2.23. The number of nitriles is 1. The van der Waals surface area contributed by atoms with Crippen LogP contribution in [0.5, 0.6) is 0 Å². The Bertz CT molecular complexity index is 1350. The van der Waals surface area contributed by atoms with E-state index in [9.17, 15) is 14.9 Å². The number of carbonyl (C=O) groups is 1. The Balaban J connectivity index is 1.50. The number of amides is 1. The molecule has 9 nitrogen and oxygen atoms in total. The van der Waals surface area contributed by atoms with Gasteiger partial charge in [0, 0.05) is 45.3 Å². The van der Waals surface area contributed by atoms with E-state index >= 15 is 0 Å². The maximum absolute atomic E-state index is 13.3. The van der Waals surface area contributed by atoms with Gasteiger partial charge in [0.25, 0.3) is 5.91 Å². The van der Waals surface area contributed by atoms with E-state index in [-0.39, 0.29) is 11.2 Å². The number of nitrogens with zero attached hydrogens (tertiary/aromatic N) is 4. The van der Waals surface area contributed by atoms with Gasteiger partial charge in [-0.25, -0.2) is 0 Å². The molecule has 5 rings (SSSR count). The van der Waals surface area contributed by atoms with Crippen molar-refractivity contribution in [2.45, 2.75) is 0 Å². The van der Waals surface area contributed by atoms with Crippen molar-refractivity contribution in [1.29, 1.82) is 5.26 Å². The fraction of sp³-hybridized carbons (Fsp3) is 0.346. The van der Waals surface area contributed by atoms with Crippen molar-refractivity contribution in [1.82, 2.24) is 4.90 Å². The quantitative estimate of drug-likeness (QED) is 0.617. The summed E-state index contributed by atoms with van der Waals surface area (Å²) in [7, 11) is 2.08. The van der Waals surface area contributed by atoms with Crippen LogP contribution in [0.1, 0.15) is 16.1 Å². The molecule has 180 valence electrons. The molecule has 0 saturated carbocycles. The Morgan fingerprint density at radius 1 is 1.00 bits per heavy atom. The predicted octanol–water partition coefficient (Wildman–Crippen LogP) is 2.51. The highest BCUT2D eigenvalue weighted by Crippen LogP contribution is 2.32. The third-order valence-corrected chi connectivity index (χ3v) is 6.53. The smallest absolute Gasteiger partial charge is 0.291 e. The first kappa shape index (κ1) is 22.9. The Morgan fingerprint density at radius 2 is 1.74 bits per heavy atom. The normalized spacial score (nSPS) is 16.8. The largest absolute Gasteiger partial charge is 0.448 e. The number of piperazine rings is 1. The SMILES string of the molecule is CN1CCN(c2cccc3c(=O)cc(C(=O)Nc4cccc(C#N)c4N4CCOCC4)oc23)CC1. The lowest BCUT2D eigenvalue weighted by molar-refractivity contribution is 0.0997. The van der Waals surface area contributed by atoms with E-state index in [0.717, 1.165) is 31.9 Å². The molecule has 2 fully saturated rings. The van der Waals surface area contributed by atoms with Gasteiger partial charge in [-0.2, -0.15) is 5.26 Å². The monoisotopic (exact) mass is 473 g/mol. The Hall–Kier alpha value is -3.87. The van der Waals surface area contributed by atoms with Gasteiger partial charge in [0.05, 0.1) is 41.2 Å². The van der Waals surface area contributed by atoms with Crippen molar-refractivity contribution in [2.75, 3.05) is 74.6 Å². The Morgan fingerprint density at radius 3 is 2.49 bits per heavy atom. The zero-order valence-electron chi connectivity index (χ0n) is 19.6. The number of likely N-dealkylation sites (N-methyl/N-ethyl adjacent to an activating group) is 1. The van der Waals surface area contributed by atoms with Crippen LogP contribution in [0.4, 0.5) is 17.1 Å². The van der Waals surface area contributed by atoms with Gasteiger partial charge < -0.3 is 29.2 Å². The van der Waals surface area contributed by atoms with Gasteiger partial charge in [-0.15, -0.1) is 0 Å². The average Bonchev–Trinajstić information content (AvgIpc) is 2.89. The summed E-state index contributed by atoms with van der Waals surface area (Å²) in [6.45, 7) is 5.73. The molecule has 0 atom stereocenters. The number of fused-ring (bicyclic) bond motifs is 1. The van der Waals surface area contributed by atoms with E-state index in [1.54, 1.807) is 24.3 Å². The minimum Gasteiger partial charge on any atom is -0.448 e. The van der Waals surface area contributed by atoms with Crippen molar-refractivity contribution in [3.8, 4) is 6.07 Å². The van der Waals surface area contributed by atoms with Gasteiger partial charge in [0.1, 0.15) is 6.07 Å². The van der Waals surface area contributed by atoms with Gasteiger partial charge in [-0.1, -0.05) is 12.1 Å². The molecular weight excluding hydrogens is 446 g/mol. The standard InChI is InChI=1S/C26H27N5O4/c1-29-8-10-30(11-9-29)21-7-3-5-19-22(32)16-23(35-25(19)21)26(33)28-20-6-2-4-18(17-27)24(20)31-12-14-34-15-13-31/h2-7,16H,8-15H2,1H3,(H,28,33). The number of hydrogen-bond donors (Lipinski definition) is 1. The lowest BCUT2D eigenvalue weighted by Gasteiger charge is -2.34. The molecule has 0 radical (unpaired) electrons. The van der Waals surface area contributed by atoms with Crippen molar-refractivity contribution < 1.29 is 13.9 Å². The van der Waals surface area contributed by atoms with Crippen LogP contribution >= 0.6 is 0 Å². The maximum atomic E-state index is 13.3. The minimum absolute atomic E-state index is 0.0700. The minimum atomic E-state index is -0.540. The zero-order valence-corrected chi connectivity index (χ0v) is 19.6. The van der Waals surface area contributed by atoms with Crippen LogP contribution < -0.4 is 20.5 Å². The van der Waals surface area contributed by atoms with Crippen molar-refractivity contribution in [2.24, 2.45) is 0 Å². The third-order valence-electron chi connectivity index (χ3n) is 6.53. The van der Waals surface area contributed by atoms with Crippen LogP contribution in [0.2, 0.25) is 0 Å². The van der Waals surface area contributed by atoms with Crippen molar-refractivity contribution >= 4 is 33.9 Å². The number of nitrogens with one attached hydrogen (secondary N) is 1. The number of anilines is 3. The van der Waals surface area contributed by atoms with Crippen LogP contribution in [-0.4, -0.2) is 70.3 Å². The highest BCUT2D eigenvalue weighted by molar-refractivity contribution is 6.05. The molecule has 2 saturated heterocycles. The summed E-state index contributed by atoms with van der Waals surface area (Å²) in [5, 5.41) is 13.0. The molecule has 0 bridgehead atoms. The van der Waals surface area contributed by atoms with Gasteiger partial charge in [0.15, 0.2) is 16.8 Å². The number of benzene rings is 2. The van der Waals surface area contributed by atoms with E-state index in [2.05, 4.69) is 28.2 Å². The second kappa shape index (κ2) is 9.78. The van der Waals surface area contributed by atoms with Crippen molar-refractivity contribution in [3.05, 3.63) is 64.0 Å². The molecule has 1 amide bonds. The van der Waals surface area contributed by atoms with Crippen LogP contribution in [0.15, 0.2) is 51.7 Å². The van der Waals surface area contributed by atoms with Crippen LogP contribution in [0, 0.1) is 11.3 Å². The summed E-state index contributed by atoms with van der Waals surface area (Å²) in [4.78, 5) is 32.7. The first-order chi connectivity index (χ1) is 17.0. The van der Waals surface area contributed by atoms with E-state index in [0.29, 0.717) is 54.2 Å². The molecule has 0 spiro atoms. The van der Waals surface area contributed by atoms with Gasteiger partial charge in [-0.05, 0) is 31.3 Å². The van der Waals surface area contributed by atoms with E-state index in [1.165, 1.54) is 6.07 Å². The molecule has 35 heavy (non-hydrogen) atoms. The molecule has 3 aromatic rings. The fourth-order valence-electron chi connectivity index (χ4n) is 4.62. The van der Waals surface area contributed by atoms with E-state index in [4.69, 9.17) is 9.15 Å². The summed E-state index contributed by atoms with van der Waals surface area (Å²) in [6, 6.07) is 14.1. The van der Waals surface area contributed by atoms with Crippen LogP contribution in [0.25, 0.3) is 11.0 Å². The Kier molecular flexibility index (Phi) is 6.40. The Labute approximate surface area is 203 Å². The summed E-state index contributed by atoms with van der Waals surface area (Å²) in [5.74, 6) is -0.610. The lowest BCUT2D eigenvalue weighted by atomic mass is 10.1. The average molecular weight is 474 g/mol. The van der Waals surface area contributed by atoms with Crippen LogP contribution in [0.3, 0.4) is 0 Å². The molecule has 0 aliphatic carbocycles. The molecule has 1 aromatic heterocycles. The number of morpholine rings is 1. The van der Waals surface area contributed by atoms with Crippen LogP contribution in [-0.2, 0) is 4.74 Å². The highest BCUT2D eigenvalue weighted by atomic mass is 16.5. The van der Waals surface area contributed by atoms with Crippen molar-refractivity contribution in [3.63, 3.8) is 0 Å². The van der Waals surface area contributed by atoms with Gasteiger partial charge in [0.2, 0.25) is 0 Å². The zero-order chi connectivity index (χ0) is 24.4. The molecule has 2 aliphatic heterocycles. The molecule has 0 unspecified atom stereocenters. The van der Waals surface area contributed by atoms with E-state index in [1.807, 2.05) is 17.0 Å². The molecule has 2 aliphatic rings. The summed E-state index contributed by atoms with van der Waals surface area (Å²) >= 11 is 0. The molecule has 2 aromatic carbocycles. The van der Waals surface area contributed by atoms with Gasteiger partial charge >= 0.3 is 0 Å². The number of carbonyl (C=O) groups excluding carboxylic acids is 1. The topological polar surface area (TPSA) is 102 Å². The molecular formula is C26H27N5O4. The molecule has 9 heteroatoms.